The number of allylic oxidation sites excluding steroid dienone is 5. The highest BCUT2D eigenvalue weighted by Crippen LogP contribution is 2.25. The topological polar surface area (TPSA) is 53.8 Å². The van der Waals surface area contributed by atoms with Gasteiger partial charge >= 0.3 is 0 Å². The van der Waals surface area contributed by atoms with E-state index in [0.717, 1.165) is 41.7 Å². The van der Waals surface area contributed by atoms with Gasteiger partial charge in [0.2, 0.25) is 0 Å². The number of halogens is 1. The quantitative estimate of drug-likeness (QED) is 0.196. The summed E-state index contributed by atoms with van der Waals surface area (Å²) in [5, 5.41) is 9.52. The number of carbonyl (C=O) groups is 1. The van der Waals surface area contributed by atoms with E-state index in [9.17, 15) is 14.4 Å². The molecule has 0 saturated heterocycles. The lowest BCUT2D eigenvalue weighted by Gasteiger charge is -2.12. The molecule has 0 atom stereocenters. The highest BCUT2D eigenvalue weighted by Gasteiger charge is 2.16. The van der Waals surface area contributed by atoms with Gasteiger partial charge in [-0.15, -0.1) is 0 Å². The predicted octanol–water partition coefficient (Wildman–Crippen LogP) is 7.98. The van der Waals surface area contributed by atoms with E-state index < -0.39 is 0 Å². The minimum Gasteiger partial charge on any atom is -0.294 e. The summed E-state index contributed by atoms with van der Waals surface area (Å²) in [6, 6.07) is 19.8. The van der Waals surface area contributed by atoms with E-state index >= 15 is 0 Å². The van der Waals surface area contributed by atoms with E-state index in [1.807, 2.05) is 67.6 Å². The minimum absolute atomic E-state index is 0.0535. The Labute approximate surface area is 213 Å². The number of carbonyl (C=O) groups excluding carboxylic acids is 1. The number of hydrogen-bond donors (Lipinski definition) is 0. The highest BCUT2D eigenvalue weighted by molar-refractivity contribution is 5.97. The van der Waals surface area contributed by atoms with Crippen molar-refractivity contribution in [3.63, 3.8) is 0 Å². The molecule has 0 N–H and O–H groups in total. The second-order valence-electron chi connectivity index (χ2n) is 8.58. The van der Waals surface area contributed by atoms with Crippen molar-refractivity contribution >= 4 is 5.78 Å². The lowest BCUT2D eigenvalue weighted by atomic mass is 9.96. The van der Waals surface area contributed by atoms with Crippen molar-refractivity contribution in [2.24, 2.45) is 0 Å². The van der Waals surface area contributed by atoms with E-state index in [1.54, 1.807) is 12.1 Å². The number of benzene rings is 2. The first kappa shape index (κ1) is 26.5. The molecular formula is C32H31FN2O. The monoisotopic (exact) mass is 478 g/mol. The molecule has 3 nitrogen and oxygen atoms in total. The Balaban J connectivity index is 1.82. The van der Waals surface area contributed by atoms with Crippen molar-refractivity contribution in [2.45, 2.75) is 45.4 Å². The zero-order chi connectivity index (χ0) is 25.8. The van der Waals surface area contributed by atoms with Crippen LogP contribution in [-0.2, 0) is 12.8 Å². The van der Waals surface area contributed by atoms with Crippen LogP contribution >= 0.6 is 0 Å². The fraction of sp³-hybridized carbons (Fsp3) is 0.219. The van der Waals surface area contributed by atoms with Crippen LogP contribution < -0.4 is 0 Å². The molecule has 4 heteroatoms. The Kier molecular flexibility index (Phi) is 10.1. The number of aryl methyl sites for hydroxylation is 2. The molecule has 1 aromatic heterocycles. The third kappa shape index (κ3) is 7.45. The number of nitriles is 1. The van der Waals surface area contributed by atoms with Crippen molar-refractivity contribution in [1.82, 2.24) is 4.98 Å². The number of aromatic nitrogens is 1. The third-order valence-electron chi connectivity index (χ3n) is 6.00. The average Bonchev–Trinajstić information content (AvgIpc) is 2.90. The summed E-state index contributed by atoms with van der Waals surface area (Å²) in [5.74, 6) is -0.197. The molecule has 182 valence electrons. The predicted molar refractivity (Wildman–Crippen MR) is 144 cm³/mol. The first-order chi connectivity index (χ1) is 17.5. The molecule has 0 saturated carbocycles. The maximum atomic E-state index is 13.6. The van der Waals surface area contributed by atoms with Crippen LogP contribution in [0.4, 0.5) is 4.39 Å². The van der Waals surface area contributed by atoms with Crippen molar-refractivity contribution in [2.75, 3.05) is 0 Å². The normalized spacial score (nSPS) is 11.4. The van der Waals surface area contributed by atoms with Gasteiger partial charge in [-0.05, 0) is 80.5 Å². The van der Waals surface area contributed by atoms with Gasteiger partial charge < -0.3 is 0 Å². The maximum Gasteiger partial charge on any atom is 0.164 e. The van der Waals surface area contributed by atoms with E-state index in [-0.39, 0.29) is 11.6 Å². The zero-order valence-electron chi connectivity index (χ0n) is 20.7. The maximum absolute atomic E-state index is 13.6. The van der Waals surface area contributed by atoms with Gasteiger partial charge in [0.1, 0.15) is 5.82 Å². The van der Waals surface area contributed by atoms with Gasteiger partial charge in [0.05, 0.1) is 23.0 Å². The largest absolute Gasteiger partial charge is 0.294 e. The van der Waals surface area contributed by atoms with Crippen LogP contribution in [-0.4, -0.2) is 10.8 Å². The van der Waals surface area contributed by atoms with Gasteiger partial charge in [-0.1, -0.05) is 61.2 Å². The number of hydrogen-bond acceptors (Lipinski definition) is 3. The third-order valence-corrected chi connectivity index (χ3v) is 6.00. The zero-order valence-corrected chi connectivity index (χ0v) is 20.7. The molecule has 0 bridgehead atoms. The summed E-state index contributed by atoms with van der Waals surface area (Å²) in [4.78, 5) is 18.0. The molecule has 36 heavy (non-hydrogen) atoms. The molecule has 0 fully saturated rings. The summed E-state index contributed by atoms with van der Waals surface area (Å²) < 4.78 is 13.6. The summed E-state index contributed by atoms with van der Waals surface area (Å²) in [7, 11) is 0. The van der Waals surface area contributed by atoms with E-state index in [1.165, 1.54) is 12.1 Å². The number of Topliss-reactive ketones (excluding diaryl/α,β-unsaturated/α-hetero) is 1. The molecule has 2 aromatic carbocycles. The van der Waals surface area contributed by atoms with Crippen LogP contribution in [0.15, 0.2) is 97.1 Å². The molecule has 0 spiro atoms. The Morgan fingerprint density at radius 1 is 1.06 bits per heavy atom. The summed E-state index contributed by atoms with van der Waals surface area (Å²) in [6.45, 7) is 5.82. The molecular weight excluding hydrogens is 447 g/mol. The molecule has 0 aliphatic carbocycles. The Morgan fingerprint density at radius 2 is 1.89 bits per heavy atom. The van der Waals surface area contributed by atoms with Crippen molar-refractivity contribution in [1.29, 1.82) is 5.26 Å². The Bertz CT molecular complexity index is 1310. The Hall–Kier alpha value is -4.10. The van der Waals surface area contributed by atoms with Gasteiger partial charge in [-0.2, -0.15) is 5.26 Å². The van der Waals surface area contributed by atoms with Crippen LogP contribution in [0.3, 0.4) is 0 Å². The highest BCUT2D eigenvalue weighted by atomic mass is 19.1. The fourth-order valence-corrected chi connectivity index (χ4v) is 4.11. The van der Waals surface area contributed by atoms with Crippen LogP contribution in [0.25, 0.3) is 11.3 Å². The molecule has 0 aliphatic rings. The molecule has 3 rings (SSSR count). The molecule has 1 heterocycles. The Morgan fingerprint density at radius 3 is 2.64 bits per heavy atom. The van der Waals surface area contributed by atoms with Crippen LogP contribution in [0.5, 0.6) is 0 Å². The number of rotatable bonds is 12. The van der Waals surface area contributed by atoms with E-state index in [4.69, 9.17) is 4.98 Å². The van der Waals surface area contributed by atoms with Crippen molar-refractivity contribution in [3.8, 4) is 17.3 Å². The number of nitrogens with zero attached hydrogens (tertiary/aromatic N) is 2. The van der Waals surface area contributed by atoms with E-state index in [2.05, 4.69) is 12.6 Å². The van der Waals surface area contributed by atoms with Crippen molar-refractivity contribution in [3.05, 3.63) is 125 Å². The van der Waals surface area contributed by atoms with E-state index in [0.29, 0.717) is 36.1 Å². The lowest BCUT2D eigenvalue weighted by Crippen LogP contribution is -2.08. The van der Waals surface area contributed by atoms with Gasteiger partial charge in [0.25, 0.3) is 0 Å². The minimum atomic E-state index is -0.251. The standard InChI is InChI=1S/C32H31FN2O/c1-3-5-11-24(4-2)12-10-19-32(36)29-20-21-31(28-17-7-6-15-26(28)23-34)35-30(29)18-9-14-25-13-8-16-27(33)22-25/h3-8,11,13,15-17,20-22H,2,9-10,12,14,18-19H2,1H3/b5-3-,24-11+. The SMILES string of the molecule is C=C/C(=C\C=C/C)CCCC(=O)c1ccc(-c2ccccc2C#N)nc1CCCc1cccc(F)c1. The summed E-state index contributed by atoms with van der Waals surface area (Å²) >= 11 is 0. The molecule has 0 aliphatic heterocycles. The second kappa shape index (κ2) is 13.7. The molecule has 3 aromatic rings. The van der Waals surface area contributed by atoms with Gasteiger partial charge in [-0.3, -0.25) is 9.78 Å². The number of pyridine rings is 1. The summed E-state index contributed by atoms with van der Waals surface area (Å²) in [5.41, 5.74) is 5.30. The molecule has 0 unspecified atom stereocenters. The smallest absolute Gasteiger partial charge is 0.164 e. The summed E-state index contributed by atoms with van der Waals surface area (Å²) in [6.07, 6.45) is 11.7. The van der Waals surface area contributed by atoms with Gasteiger partial charge in [-0.25, -0.2) is 4.39 Å². The van der Waals surface area contributed by atoms with Gasteiger partial charge in [0.15, 0.2) is 5.78 Å². The first-order valence-electron chi connectivity index (χ1n) is 12.3. The second-order valence-corrected chi connectivity index (χ2v) is 8.58. The number of ketones is 1. The van der Waals surface area contributed by atoms with Crippen molar-refractivity contribution < 1.29 is 9.18 Å². The average molecular weight is 479 g/mol. The van der Waals surface area contributed by atoms with Gasteiger partial charge in [0, 0.05) is 17.5 Å². The first-order valence-corrected chi connectivity index (χ1v) is 12.3. The lowest BCUT2D eigenvalue weighted by molar-refractivity contribution is 0.0979. The molecule has 0 amide bonds. The van der Waals surface area contributed by atoms with Crippen LogP contribution in [0.2, 0.25) is 0 Å². The van der Waals surface area contributed by atoms with Crippen LogP contribution in [0, 0.1) is 17.1 Å². The fourth-order valence-electron chi connectivity index (χ4n) is 4.11. The van der Waals surface area contributed by atoms with Crippen LogP contribution in [0.1, 0.15) is 59.8 Å². The molecule has 0 radical (unpaired) electrons.